The van der Waals surface area contributed by atoms with E-state index in [2.05, 4.69) is 10.6 Å². The van der Waals surface area contributed by atoms with Crippen molar-refractivity contribution >= 4 is 73.6 Å². The van der Waals surface area contributed by atoms with Gasteiger partial charge in [0.2, 0.25) is 21.4 Å². The fourth-order valence-electron chi connectivity index (χ4n) is 4.77. The number of amides is 1. The molecule has 0 spiro atoms. The smallest absolute Gasteiger partial charge is 0.255 e. The van der Waals surface area contributed by atoms with Crippen LogP contribution in [0.3, 0.4) is 0 Å². The summed E-state index contributed by atoms with van der Waals surface area (Å²) in [6.07, 6.45) is 0. The second-order valence-electron chi connectivity index (χ2n) is 10.1. The Labute approximate surface area is 279 Å². The minimum atomic E-state index is -3.92. The summed E-state index contributed by atoms with van der Waals surface area (Å²) in [4.78, 5) is 40.8. The van der Waals surface area contributed by atoms with E-state index in [4.69, 9.17) is 23.2 Å². The standard InChI is InChI=1S/C35H22Cl2N2O5S2/c36-22-18-21(19-23(37)20-22)35(42)39-25-12-16-28(17-13-25)46(43,44)27-14-10-24(11-15-27)38-31-32(40)29-8-4-5-9-30(29)33(41)34(31)45-26-6-2-1-3-7-26/h1-20,38H,(H,39,42). The number of hydrogen-bond acceptors (Lipinski definition) is 7. The van der Waals surface area contributed by atoms with Crippen LogP contribution in [0.4, 0.5) is 11.4 Å². The van der Waals surface area contributed by atoms with Crippen molar-refractivity contribution in [3.63, 3.8) is 0 Å². The van der Waals surface area contributed by atoms with Gasteiger partial charge < -0.3 is 10.6 Å². The molecule has 5 aromatic rings. The van der Waals surface area contributed by atoms with Crippen LogP contribution in [0.5, 0.6) is 0 Å². The van der Waals surface area contributed by atoms with Gasteiger partial charge in [0.25, 0.3) is 5.91 Å². The van der Waals surface area contributed by atoms with Crippen LogP contribution in [0, 0.1) is 0 Å². The Morgan fingerprint density at radius 3 is 1.74 bits per heavy atom. The zero-order valence-electron chi connectivity index (χ0n) is 23.7. The van der Waals surface area contributed by atoms with Crippen molar-refractivity contribution in [2.24, 2.45) is 0 Å². The summed E-state index contributed by atoms with van der Waals surface area (Å²) in [7, 11) is -3.92. The number of sulfone groups is 1. The maximum absolute atomic E-state index is 13.6. The normalized spacial score (nSPS) is 12.9. The average Bonchev–Trinajstić information content (AvgIpc) is 3.05. The van der Waals surface area contributed by atoms with Crippen molar-refractivity contribution in [2.45, 2.75) is 14.7 Å². The molecule has 0 saturated carbocycles. The molecule has 0 fully saturated rings. The number of carbonyl (C=O) groups is 3. The second-order valence-corrected chi connectivity index (χ2v) is 14.0. The molecule has 1 amide bonds. The molecule has 6 rings (SSSR count). The summed E-state index contributed by atoms with van der Waals surface area (Å²) < 4.78 is 26.8. The molecular weight excluding hydrogens is 663 g/mol. The number of halogens is 2. The van der Waals surface area contributed by atoms with Crippen molar-refractivity contribution in [2.75, 3.05) is 10.6 Å². The van der Waals surface area contributed by atoms with E-state index in [1.54, 1.807) is 24.3 Å². The Kier molecular flexibility index (Phi) is 8.84. The van der Waals surface area contributed by atoms with Gasteiger partial charge in [-0.1, -0.05) is 77.4 Å². The average molecular weight is 686 g/mol. The maximum atomic E-state index is 13.6. The van der Waals surface area contributed by atoms with Crippen LogP contribution >= 0.6 is 35.0 Å². The summed E-state index contributed by atoms with van der Waals surface area (Å²) in [5.74, 6) is -1.07. The number of nitrogens with one attached hydrogen (secondary N) is 2. The highest BCUT2D eigenvalue weighted by Gasteiger charge is 2.33. The number of ketones is 2. The third-order valence-corrected chi connectivity index (χ3v) is 10.3. The van der Waals surface area contributed by atoms with Gasteiger partial charge in [0.1, 0.15) is 5.70 Å². The van der Waals surface area contributed by atoms with Crippen LogP contribution in [0.15, 0.2) is 147 Å². The van der Waals surface area contributed by atoms with E-state index in [-0.39, 0.29) is 37.5 Å². The van der Waals surface area contributed by atoms with E-state index in [0.29, 0.717) is 32.5 Å². The second kappa shape index (κ2) is 13.0. The minimum Gasteiger partial charge on any atom is -0.351 e. The van der Waals surface area contributed by atoms with Crippen LogP contribution in [0.25, 0.3) is 0 Å². The van der Waals surface area contributed by atoms with Gasteiger partial charge in [-0.25, -0.2) is 8.42 Å². The van der Waals surface area contributed by atoms with Gasteiger partial charge in [-0.3, -0.25) is 14.4 Å². The molecule has 7 nitrogen and oxygen atoms in total. The molecular formula is C35H22Cl2N2O5S2. The third-order valence-electron chi connectivity index (χ3n) is 7.02. The Morgan fingerprint density at radius 2 is 1.15 bits per heavy atom. The molecule has 0 radical (unpaired) electrons. The van der Waals surface area contributed by atoms with Gasteiger partial charge in [-0.15, -0.1) is 0 Å². The molecule has 0 atom stereocenters. The summed E-state index contributed by atoms with van der Waals surface area (Å²) in [6.45, 7) is 0. The van der Waals surface area contributed by atoms with E-state index >= 15 is 0 Å². The number of Topliss-reactive ketones (excluding diaryl/α,β-unsaturated/α-hetero) is 2. The van der Waals surface area contributed by atoms with E-state index in [0.717, 1.165) is 4.90 Å². The topological polar surface area (TPSA) is 109 Å². The molecule has 0 unspecified atom stereocenters. The lowest BCUT2D eigenvalue weighted by Crippen LogP contribution is -2.25. The van der Waals surface area contributed by atoms with Crippen molar-refractivity contribution in [1.82, 2.24) is 0 Å². The monoisotopic (exact) mass is 684 g/mol. The van der Waals surface area contributed by atoms with E-state index < -0.39 is 15.7 Å². The lowest BCUT2D eigenvalue weighted by molar-refractivity contribution is 0.0982. The van der Waals surface area contributed by atoms with Crippen LogP contribution < -0.4 is 10.6 Å². The number of anilines is 2. The van der Waals surface area contributed by atoms with Gasteiger partial charge in [0.05, 0.1) is 14.7 Å². The quantitative estimate of drug-likeness (QED) is 0.168. The number of hydrogen-bond donors (Lipinski definition) is 2. The first kappa shape index (κ1) is 31.3. The molecule has 0 aromatic heterocycles. The number of allylic oxidation sites excluding steroid dienone is 2. The predicted molar refractivity (Wildman–Crippen MR) is 181 cm³/mol. The van der Waals surface area contributed by atoms with Crippen LogP contribution in [0.1, 0.15) is 31.1 Å². The van der Waals surface area contributed by atoms with Crippen molar-refractivity contribution in [3.8, 4) is 0 Å². The summed E-state index contributed by atoms with van der Waals surface area (Å²) in [6, 6.07) is 32.0. The molecule has 1 aliphatic carbocycles. The molecule has 2 N–H and O–H groups in total. The van der Waals surface area contributed by atoms with Gasteiger partial charge >= 0.3 is 0 Å². The number of rotatable bonds is 8. The largest absolute Gasteiger partial charge is 0.351 e. The predicted octanol–water partition coefficient (Wildman–Crippen LogP) is 8.57. The molecule has 46 heavy (non-hydrogen) atoms. The Balaban J connectivity index is 1.22. The van der Waals surface area contributed by atoms with Crippen molar-refractivity contribution < 1.29 is 22.8 Å². The number of thioether (sulfide) groups is 1. The molecule has 1 aliphatic rings. The van der Waals surface area contributed by atoms with Gasteiger partial charge in [-0.05, 0) is 78.9 Å². The Bertz CT molecular complexity index is 2130. The molecule has 0 heterocycles. The lowest BCUT2D eigenvalue weighted by Gasteiger charge is -2.22. The lowest BCUT2D eigenvalue weighted by atomic mass is 9.92. The highest BCUT2D eigenvalue weighted by atomic mass is 35.5. The summed E-state index contributed by atoms with van der Waals surface area (Å²) >= 11 is 13.2. The molecule has 5 aromatic carbocycles. The molecule has 0 aliphatic heterocycles. The number of carbonyl (C=O) groups excluding carboxylic acids is 3. The van der Waals surface area contributed by atoms with Crippen LogP contribution in [-0.4, -0.2) is 25.9 Å². The van der Waals surface area contributed by atoms with Gasteiger partial charge in [-0.2, -0.15) is 0 Å². The van der Waals surface area contributed by atoms with Crippen LogP contribution in [0.2, 0.25) is 10.0 Å². The number of benzene rings is 5. The summed E-state index contributed by atoms with van der Waals surface area (Å²) in [5, 5.41) is 6.39. The Hall–Kier alpha value is -4.67. The summed E-state index contributed by atoms with van der Waals surface area (Å²) in [5.41, 5.74) is 1.81. The third kappa shape index (κ3) is 6.49. The minimum absolute atomic E-state index is 0.0194. The maximum Gasteiger partial charge on any atom is 0.255 e. The SMILES string of the molecule is O=C(Nc1ccc(S(=O)(=O)c2ccc(NC3=C(Sc4ccccc4)C(=O)c4ccccc4C3=O)cc2)cc1)c1cc(Cl)cc(Cl)c1. The first-order valence-electron chi connectivity index (χ1n) is 13.8. The Morgan fingerprint density at radius 1 is 0.630 bits per heavy atom. The fraction of sp³-hybridized carbons (Fsp3) is 0. The fourth-order valence-corrected chi connectivity index (χ4v) is 7.54. The van der Waals surface area contributed by atoms with Crippen LogP contribution in [-0.2, 0) is 9.84 Å². The zero-order chi connectivity index (χ0) is 32.4. The highest BCUT2D eigenvalue weighted by molar-refractivity contribution is 8.04. The molecule has 0 bridgehead atoms. The van der Waals surface area contributed by atoms with Crippen molar-refractivity contribution in [3.05, 3.63) is 159 Å². The van der Waals surface area contributed by atoms with Gasteiger partial charge in [0.15, 0.2) is 0 Å². The van der Waals surface area contributed by atoms with E-state index in [1.807, 2.05) is 30.3 Å². The number of fused-ring (bicyclic) bond motifs is 1. The van der Waals surface area contributed by atoms with Gasteiger partial charge in [0, 0.05) is 43.0 Å². The van der Waals surface area contributed by atoms with E-state index in [1.165, 1.54) is 78.5 Å². The highest BCUT2D eigenvalue weighted by Crippen LogP contribution is 2.37. The molecule has 11 heteroatoms. The first-order chi connectivity index (χ1) is 22.1. The van der Waals surface area contributed by atoms with E-state index in [9.17, 15) is 22.8 Å². The molecule has 0 saturated heterocycles. The zero-order valence-corrected chi connectivity index (χ0v) is 26.8. The first-order valence-corrected chi connectivity index (χ1v) is 16.8. The molecule has 228 valence electrons. The van der Waals surface area contributed by atoms with Crippen molar-refractivity contribution in [1.29, 1.82) is 0 Å².